The average Bonchev–Trinajstić information content (AvgIpc) is 2.96. The lowest BCUT2D eigenvalue weighted by Crippen LogP contribution is -2.44. The molecule has 190 valence electrons. The van der Waals surface area contributed by atoms with Gasteiger partial charge in [0.15, 0.2) is 0 Å². The van der Waals surface area contributed by atoms with Gasteiger partial charge in [0.1, 0.15) is 10.3 Å². The molecule has 4 aromatic carbocycles. The van der Waals surface area contributed by atoms with E-state index in [-0.39, 0.29) is 21.5 Å². The Morgan fingerprint density at radius 3 is 1.55 bits per heavy atom. The van der Waals surface area contributed by atoms with Gasteiger partial charge in [0.2, 0.25) is 0 Å². The fourth-order valence-electron chi connectivity index (χ4n) is 4.24. The predicted molar refractivity (Wildman–Crippen MR) is 155 cm³/mol. The first kappa shape index (κ1) is 26.7. The Morgan fingerprint density at radius 2 is 1.18 bits per heavy atom. The van der Waals surface area contributed by atoms with Gasteiger partial charge in [-0.25, -0.2) is 4.79 Å². The molecular weight excluding hydrogens is 519 g/mol. The summed E-state index contributed by atoms with van der Waals surface area (Å²) in [6.45, 7) is -2.96. The first-order valence-corrected chi connectivity index (χ1v) is 13.7. The first-order chi connectivity index (χ1) is 18.4. The molecule has 4 rings (SSSR count). The molecule has 0 unspecified atom stereocenters. The fourth-order valence-corrected chi connectivity index (χ4v) is 9.08. The quantitative estimate of drug-likeness (QED) is 0.125. The third kappa shape index (κ3) is 5.18. The molecule has 1 amide bonds. The molecule has 0 atom stereocenters. The number of hydrogen-bond donors (Lipinski definition) is 1. The molecule has 0 aliphatic rings. The molecular formula is C29H23N2O5PS. The van der Waals surface area contributed by atoms with E-state index in [9.17, 15) is 19.7 Å². The number of esters is 1. The van der Waals surface area contributed by atoms with Crippen LogP contribution in [0, 0.1) is 10.1 Å². The molecule has 0 aliphatic heterocycles. The zero-order chi connectivity index (χ0) is 27.1. The van der Waals surface area contributed by atoms with E-state index in [1.54, 1.807) is 0 Å². The van der Waals surface area contributed by atoms with Crippen molar-refractivity contribution in [2.45, 2.75) is 0 Å². The number of thiocarbonyl (C=S) groups is 1. The maximum absolute atomic E-state index is 13.6. The van der Waals surface area contributed by atoms with Gasteiger partial charge in [0, 0.05) is 17.7 Å². The summed E-state index contributed by atoms with van der Waals surface area (Å²) in [6.07, 6.45) is 0. The van der Waals surface area contributed by atoms with Crippen LogP contribution < -0.4 is 21.2 Å². The summed E-state index contributed by atoms with van der Waals surface area (Å²) in [4.78, 5) is 37.2. The summed E-state index contributed by atoms with van der Waals surface area (Å²) in [6, 6.07) is 33.8. The van der Waals surface area contributed by atoms with Crippen molar-refractivity contribution in [2.75, 3.05) is 7.11 Å². The molecule has 0 fully saturated rings. The molecule has 0 bridgehead atoms. The maximum atomic E-state index is 13.6. The fraction of sp³-hybridized carbons (Fsp3) is 0.0345. The Hall–Kier alpha value is -4.39. The average molecular weight is 543 g/mol. The molecule has 0 spiro atoms. The van der Waals surface area contributed by atoms with Crippen molar-refractivity contribution >= 4 is 62.9 Å². The Morgan fingerprint density at radius 1 is 0.763 bits per heavy atom. The molecule has 0 aliphatic carbocycles. The third-order valence-electron chi connectivity index (χ3n) is 5.93. The smallest absolute Gasteiger partial charge is 0.341 e. The van der Waals surface area contributed by atoms with Crippen LogP contribution in [0.2, 0.25) is 0 Å². The lowest BCUT2D eigenvalue weighted by atomic mass is 10.2. The van der Waals surface area contributed by atoms with E-state index in [1.807, 2.05) is 91.0 Å². The number of carbonyl (C=O) groups excluding carboxylic acids is 2. The molecule has 9 heteroatoms. The highest BCUT2D eigenvalue weighted by molar-refractivity contribution is 8.00. The molecule has 7 nitrogen and oxygen atoms in total. The summed E-state index contributed by atoms with van der Waals surface area (Å²) >= 11 is 5.76. The Bertz CT molecular complexity index is 1440. The highest BCUT2D eigenvalue weighted by Crippen LogP contribution is 2.46. The summed E-state index contributed by atoms with van der Waals surface area (Å²) in [5.41, 5.74) is 0.0124. The van der Waals surface area contributed by atoms with Crippen LogP contribution in [0.4, 0.5) is 5.69 Å². The van der Waals surface area contributed by atoms with Crippen molar-refractivity contribution in [3.8, 4) is 0 Å². The number of non-ortho nitro benzene ring substituents is 1. The number of benzene rings is 4. The Kier molecular flexibility index (Phi) is 8.26. The summed E-state index contributed by atoms with van der Waals surface area (Å²) in [7, 11) is 1.28. The molecule has 4 aromatic rings. The van der Waals surface area contributed by atoms with E-state index in [1.165, 1.54) is 31.4 Å². The van der Waals surface area contributed by atoms with Gasteiger partial charge in [-0.15, -0.1) is 0 Å². The van der Waals surface area contributed by atoms with Gasteiger partial charge in [-0.05, 0) is 34.9 Å². The van der Waals surface area contributed by atoms with Crippen LogP contribution in [0.5, 0.6) is 0 Å². The zero-order valence-electron chi connectivity index (χ0n) is 20.3. The van der Waals surface area contributed by atoms with Gasteiger partial charge in [-0.1, -0.05) is 103 Å². The lowest BCUT2D eigenvalue weighted by molar-refractivity contribution is -0.384. The molecule has 0 heterocycles. The summed E-state index contributed by atoms with van der Waals surface area (Å²) in [5, 5.41) is 16.4. The van der Waals surface area contributed by atoms with Gasteiger partial charge in [0.05, 0.1) is 12.0 Å². The van der Waals surface area contributed by atoms with Crippen LogP contribution >= 0.6 is 19.1 Å². The van der Waals surface area contributed by atoms with Crippen LogP contribution in [0.15, 0.2) is 115 Å². The zero-order valence-corrected chi connectivity index (χ0v) is 22.0. The van der Waals surface area contributed by atoms with E-state index in [4.69, 9.17) is 17.0 Å². The summed E-state index contributed by atoms with van der Waals surface area (Å²) in [5.74, 6) is -1.26. The van der Waals surface area contributed by atoms with Crippen molar-refractivity contribution < 1.29 is 19.2 Å². The number of amides is 1. The van der Waals surface area contributed by atoms with E-state index < -0.39 is 23.7 Å². The van der Waals surface area contributed by atoms with Crippen molar-refractivity contribution in [3.05, 3.63) is 131 Å². The predicted octanol–water partition coefficient (Wildman–Crippen LogP) is 3.99. The molecule has 0 aromatic heterocycles. The van der Waals surface area contributed by atoms with E-state index in [0.717, 1.165) is 15.9 Å². The molecule has 38 heavy (non-hydrogen) atoms. The van der Waals surface area contributed by atoms with Crippen LogP contribution in [0.25, 0.3) is 0 Å². The van der Waals surface area contributed by atoms with Gasteiger partial charge < -0.3 is 10.1 Å². The van der Waals surface area contributed by atoms with Crippen LogP contribution in [-0.2, 0) is 9.53 Å². The number of rotatable bonds is 7. The Labute approximate surface area is 225 Å². The molecule has 1 N–H and O–H groups in total. The summed E-state index contributed by atoms with van der Waals surface area (Å²) < 4.78 is 5.27. The first-order valence-electron chi connectivity index (χ1n) is 11.5. The minimum absolute atomic E-state index is 0.0786. The number of nitrogens with one attached hydrogen (secondary N) is 1. The number of nitrogens with zero attached hydrogens (tertiary/aromatic N) is 1. The van der Waals surface area contributed by atoms with Crippen molar-refractivity contribution in [1.82, 2.24) is 5.32 Å². The van der Waals surface area contributed by atoms with Gasteiger partial charge in [-0.2, -0.15) is 0 Å². The minimum atomic E-state index is -2.96. The van der Waals surface area contributed by atoms with E-state index in [0.29, 0.717) is 0 Å². The van der Waals surface area contributed by atoms with E-state index >= 15 is 0 Å². The highest BCUT2D eigenvalue weighted by atomic mass is 32.1. The largest absolute Gasteiger partial charge is 0.465 e. The van der Waals surface area contributed by atoms with Gasteiger partial charge in [-0.3, -0.25) is 14.9 Å². The number of carbonyl (C=O) groups is 2. The molecule has 0 saturated carbocycles. The Balaban J connectivity index is 2.01. The minimum Gasteiger partial charge on any atom is -0.465 e. The van der Waals surface area contributed by atoms with Crippen molar-refractivity contribution in [3.63, 3.8) is 0 Å². The van der Waals surface area contributed by atoms with Crippen LogP contribution in [0.3, 0.4) is 0 Å². The van der Waals surface area contributed by atoms with E-state index in [2.05, 4.69) is 5.32 Å². The second-order valence-corrected chi connectivity index (χ2v) is 11.9. The lowest BCUT2D eigenvalue weighted by Gasteiger charge is -2.32. The maximum Gasteiger partial charge on any atom is 0.341 e. The number of methoxy groups -OCH3 is 1. The second-order valence-electron chi connectivity index (χ2n) is 8.10. The highest BCUT2D eigenvalue weighted by Gasteiger charge is 2.36. The number of hydrogen-bond acceptors (Lipinski definition) is 6. The van der Waals surface area contributed by atoms with Gasteiger partial charge in [0.25, 0.3) is 11.6 Å². The normalized spacial score (nSPS) is 10.8. The number of ether oxygens (including phenoxy) is 1. The molecule has 0 saturated heterocycles. The van der Waals surface area contributed by atoms with Crippen molar-refractivity contribution in [2.24, 2.45) is 0 Å². The van der Waals surface area contributed by atoms with Crippen molar-refractivity contribution in [1.29, 1.82) is 0 Å². The third-order valence-corrected chi connectivity index (χ3v) is 10.7. The second kappa shape index (κ2) is 11.8. The SMILES string of the molecule is COC(=O)C(C(=S)NC(=O)c1ccc([N+](=O)[O-])cc1)=P(c1ccccc1)(c1ccccc1)c1ccccc1. The number of nitro groups is 1. The van der Waals surface area contributed by atoms with Gasteiger partial charge >= 0.3 is 5.97 Å². The standard InChI is InChI=1S/C29H23N2O5PS/c1-36-29(33)26(28(38)30-27(32)21-17-19-22(20-18-21)31(34)35)37(23-11-5-2-6-12-23,24-13-7-3-8-14-24)25-15-9-4-10-16-25/h2-20H,1H3,(H,30,32,38). The monoisotopic (exact) mass is 542 g/mol. The van der Waals surface area contributed by atoms with Crippen LogP contribution in [0.1, 0.15) is 10.4 Å². The number of nitro benzene ring substituents is 1. The van der Waals surface area contributed by atoms with Crippen LogP contribution in [-0.4, -0.2) is 34.2 Å². The topological polar surface area (TPSA) is 98.5 Å². The molecule has 0 radical (unpaired) electrons.